The molecule has 0 bridgehead atoms. The largest absolute Gasteiger partial charge is 0.384 e. The van der Waals surface area contributed by atoms with Crippen LogP contribution in [0.25, 0.3) is 0 Å². The molecule has 1 fully saturated rings. The molecule has 2 N–H and O–H groups in total. The molecule has 2 aromatic rings. The van der Waals surface area contributed by atoms with Gasteiger partial charge in [-0.05, 0) is 50.5 Å². The van der Waals surface area contributed by atoms with Crippen LogP contribution in [0.1, 0.15) is 36.3 Å². The number of amides is 1. The minimum absolute atomic E-state index is 0.135. The van der Waals surface area contributed by atoms with E-state index in [1.54, 1.807) is 22.1 Å². The molecule has 1 amide bonds. The van der Waals surface area contributed by atoms with Crippen molar-refractivity contribution in [2.24, 2.45) is 0 Å². The monoisotopic (exact) mass is 332 g/mol. The quantitative estimate of drug-likeness (QED) is 0.915. The Morgan fingerprint density at radius 1 is 1.48 bits per heavy atom. The fourth-order valence-corrected chi connectivity index (χ4v) is 4.03. The number of hydrogen-bond acceptors (Lipinski definition) is 4. The summed E-state index contributed by atoms with van der Waals surface area (Å²) < 4.78 is 1.61. The van der Waals surface area contributed by atoms with Gasteiger partial charge in [0.25, 0.3) is 0 Å². The SMILES string of the molecule is Cc1cc(N)n(CC(=O)N2CCCCC2CCc2cccs2)n1. The molecule has 0 radical (unpaired) electrons. The van der Waals surface area contributed by atoms with Crippen LogP contribution >= 0.6 is 11.3 Å². The summed E-state index contributed by atoms with van der Waals surface area (Å²) in [6.07, 6.45) is 5.50. The molecule has 0 spiro atoms. The number of thiophene rings is 1. The maximum absolute atomic E-state index is 12.7. The first-order valence-electron chi connectivity index (χ1n) is 8.25. The molecule has 3 rings (SSSR count). The van der Waals surface area contributed by atoms with Crippen LogP contribution in [0.4, 0.5) is 5.82 Å². The Balaban J connectivity index is 1.63. The molecule has 0 aromatic carbocycles. The molecular weight excluding hydrogens is 308 g/mol. The lowest BCUT2D eigenvalue weighted by molar-refractivity contribution is -0.135. The summed E-state index contributed by atoms with van der Waals surface area (Å²) in [7, 11) is 0. The highest BCUT2D eigenvalue weighted by Crippen LogP contribution is 2.23. The smallest absolute Gasteiger partial charge is 0.244 e. The molecule has 1 atom stereocenters. The molecule has 5 nitrogen and oxygen atoms in total. The Labute approximate surface area is 141 Å². The predicted octanol–water partition coefficient (Wildman–Crippen LogP) is 2.85. The fourth-order valence-electron chi connectivity index (χ4n) is 3.30. The van der Waals surface area contributed by atoms with Crippen LogP contribution in [0.15, 0.2) is 23.6 Å². The molecule has 124 valence electrons. The maximum atomic E-state index is 12.7. The summed E-state index contributed by atoms with van der Waals surface area (Å²) in [5, 5.41) is 6.42. The summed E-state index contributed by atoms with van der Waals surface area (Å²) >= 11 is 1.79. The van der Waals surface area contributed by atoms with Crippen molar-refractivity contribution in [2.45, 2.75) is 51.6 Å². The van der Waals surface area contributed by atoms with Crippen molar-refractivity contribution in [1.29, 1.82) is 0 Å². The van der Waals surface area contributed by atoms with E-state index in [0.717, 1.165) is 37.9 Å². The van der Waals surface area contributed by atoms with Gasteiger partial charge in [-0.1, -0.05) is 6.07 Å². The lowest BCUT2D eigenvalue weighted by Gasteiger charge is -2.36. The molecule has 6 heteroatoms. The van der Waals surface area contributed by atoms with Crippen molar-refractivity contribution >= 4 is 23.1 Å². The van der Waals surface area contributed by atoms with Crippen LogP contribution in [-0.4, -0.2) is 33.2 Å². The Morgan fingerprint density at radius 3 is 3.04 bits per heavy atom. The number of hydrogen-bond donors (Lipinski definition) is 1. The molecular formula is C17H24N4OS. The zero-order valence-electron chi connectivity index (χ0n) is 13.6. The number of nitrogens with zero attached hydrogens (tertiary/aromatic N) is 3. The Kier molecular flexibility index (Phi) is 5.00. The highest BCUT2D eigenvalue weighted by atomic mass is 32.1. The van der Waals surface area contributed by atoms with Gasteiger partial charge in [-0.3, -0.25) is 4.79 Å². The van der Waals surface area contributed by atoms with Crippen molar-refractivity contribution in [1.82, 2.24) is 14.7 Å². The molecule has 2 aromatic heterocycles. The van der Waals surface area contributed by atoms with Crippen LogP contribution in [0.5, 0.6) is 0 Å². The van der Waals surface area contributed by atoms with E-state index in [2.05, 4.69) is 22.6 Å². The first-order chi connectivity index (χ1) is 11.1. The summed E-state index contributed by atoms with van der Waals surface area (Å²) in [5.41, 5.74) is 6.76. The highest BCUT2D eigenvalue weighted by molar-refractivity contribution is 7.09. The molecule has 1 saturated heterocycles. The number of piperidine rings is 1. The molecule has 1 unspecified atom stereocenters. The number of rotatable bonds is 5. The standard InChI is InChI=1S/C17H24N4OS/c1-13-11-16(18)21(19-13)12-17(22)20-9-3-2-5-14(20)7-8-15-6-4-10-23-15/h4,6,10-11,14H,2-3,5,7-9,12,18H2,1H3. The Hall–Kier alpha value is -1.82. The van der Waals surface area contributed by atoms with Crippen molar-refractivity contribution < 1.29 is 4.79 Å². The number of aryl methyl sites for hydroxylation is 2. The van der Waals surface area contributed by atoms with Gasteiger partial charge in [0.15, 0.2) is 0 Å². The lowest BCUT2D eigenvalue weighted by Crippen LogP contribution is -2.45. The third-order valence-corrected chi connectivity index (χ3v) is 5.41. The summed E-state index contributed by atoms with van der Waals surface area (Å²) in [4.78, 5) is 16.2. The molecule has 1 aliphatic heterocycles. The zero-order valence-corrected chi connectivity index (χ0v) is 14.4. The topological polar surface area (TPSA) is 64.2 Å². The number of anilines is 1. The zero-order chi connectivity index (χ0) is 16.2. The average molecular weight is 332 g/mol. The minimum Gasteiger partial charge on any atom is -0.384 e. The van der Waals surface area contributed by atoms with Gasteiger partial charge in [0.1, 0.15) is 12.4 Å². The van der Waals surface area contributed by atoms with Crippen LogP contribution in [0, 0.1) is 6.92 Å². The number of nitrogens with two attached hydrogens (primary N) is 1. The first kappa shape index (κ1) is 16.1. The molecule has 23 heavy (non-hydrogen) atoms. The average Bonchev–Trinajstić information content (AvgIpc) is 3.15. The Bertz CT molecular complexity index is 650. The molecule has 3 heterocycles. The maximum Gasteiger partial charge on any atom is 0.244 e. The van der Waals surface area contributed by atoms with E-state index in [0.29, 0.717) is 11.9 Å². The third kappa shape index (κ3) is 3.93. The normalized spacial score (nSPS) is 18.3. The van der Waals surface area contributed by atoms with Crippen molar-refractivity contribution in [3.8, 4) is 0 Å². The predicted molar refractivity (Wildman–Crippen MR) is 93.4 cm³/mol. The molecule has 1 aliphatic rings. The second-order valence-electron chi connectivity index (χ2n) is 6.22. The van der Waals surface area contributed by atoms with Gasteiger partial charge in [-0.25, -0.2) is 4.68 Å². The van der Waals surface area contributed by atoms with Crippen molar-refractivity contribution in [3.05, 3.63) is 34.2 Å². The second-order valence-corrected chi connectivity index (χ2v) is 7.26. The third-order valence-electron chi connectivity index (χ3n) is 4.47. The van der Waals surface area contributed by atoms with Gasteiger partial charge < -0.3 is 10.6 Å². The Morgan fingerprint density at radius 2 is 2.35 bits per heavy atom. The van der Waals surface area contributed by atoms with Crippen LogP contribution in [0.2, 0.25) is 0 Å². The number of nitrogen functional groups attached to an aromatic ring is 1. The van der Waals surface area contributed by atoms with E-state index in [1.807, 2.05) is 11.8 Å². The van der Waals surface area contributed by atoms with Crippen molar-refractivity contribution in [3.63, 3.8) is 0 Å². The van der Waals surface area contributed by atoms with Gasteiger partial charge >= 0.3 is 0 Å². The fraction of sp³-hybridized carbons (Fsp3) is 0.529. The van der Waals surface area contributed by atoms with Crippen LogP contribution in [-0.2, 0) is 17.8 Å². The van der Waals surface area contributed by atoms with E-state index in [4.69, 9.17) is 5.73 Å². The molecule has 0 aliphatic carbocycles. The van der Waals surface area contributed by atoms with E-state index in [9.17, 15) is 4.79 Å². The number of likely N-dealkylation sites (tertiary alicyclic amines) is 1. The molecule has 0 saturated carbocycles. The van der Waals surface area contributed by atoms with Gasteiger partial charge in [-0.2, -0.15) is 5.10 Å². The first-order valence-corrected chi connectivity index (χ1v) is 9.13. The van der Waals surface area contributed by atoms with Crippen LogP contribution < -0.4 is 5.73 Å². The van der Waals surface area contributed by atoms with Gasteiger partial charge in [-0.15, -0.1) is 11.3 Å². The number of aromatic nitrogens is 2. The lowest BCUT2D eigenvalue weighted by atomic mass is 9.97. The van der Waals surface area contributed by atoms with E-state index >= 15 is 0 Å². The van der Waals surface area contributed by atoms with Crippen molar-refractivity contribution in [2.75, 3.05) is 12.3 Å². The summed E-state index contributed by atoms with van der Waals surface area (Å²) in [5.74, 6) is 0.693. The summed E-state index contributed by atoms with van der Waals surface area (Å²) in [6.45, 7) is 2.99. The van der Waals surface area contributed by atoms with Gasteiger partial charge in [0.05, 0.1) is 5.69 Å². The van der Waals surface area contributed by atoms with E-state index < -0.39 is 0 Å². The van der Waals surface area contributed by atoms with Gasteiger partial charge in [0.2, 0.25) is 5.91 Å². The van der Waals surface area contributed by atoms with Gasteiger partial charge in [0, 0.05) is 23.5 Å². The minimum atomic E-state index is 0.135. The number of carbonyl (C=O) groups excluding carboxylic acids is 1. The second kappa shape index (κ2) is 7.17. The van der Waals surface area contributed by atoms with E-state index in [1.165, 1.54) is 11.3 Å². The van der Waals surface area contributed by atoms with Crippen LogP contribution in [0.3, 0.4) is 0 Å². The summed E-state index contributed by atoms with van der Waals surface area (Å²) in [6, 6.07) is 6.41. The van der Waals surface area contributed by atoms with E-state index in [-0.39, 0.29) is 12.5 Å². The highest BCUT2D eigenvalue weighted by Gasteiger charge is 2.27. The number of carbonyl (C=O) groups is 1.